The van der Waals surface area contributed by atoms with E-state index in [2.05, 4.69) is 30.1 Å². The van der Waals surface area contributed by atoms with Gasteiger partial charge >= 0.3 is 0 Å². The third kappa shape index (κ3) is 6.74. The smallest absolute Gasteiger partial charge is 0.224 e. The molecule has 0 aliphatic carbocycles. The maximum atomic E-state index is 12.1. The summed E-state index contributed by atoms with van der Waals surface area (Å²) in [6.45, 7) is 11.0. The summed E-state index contributed by atoms with van der Waals surface area (Å²) < 4.78 is 0. The Labute approximate surface area is 128 Å². The highest BCUT2D eigenvalue weighted by Crippen LogP contribution is 2.18. The van der Waals surface area contributed by atoms with Gasteiger partial charge in [-0.25, -0.2) is 0 Å². The van der Waals surface area contributed by atoms with E-state index in [1.54, 1.807) is 0 Å². The lowest BCUT2D eigenvalue weighted by atomic mass is 10.00. The highest BCUT2D eigenvalue weighted by atomic mass is 16.1. The Morgan fingerprint density at radius 1 is 1.24 bits per heavy atom. The first-order chi connectivity index (χ1) is 9.85. The van der Waals surface area contributed by atoms with E-state index >= 15 is 0 Å². The summed E-state index contributed by atoms with van der Waals surface area (Å²) >= 11 is 0. The van der Waals surface area contributed by atoms with Crippen molar-refractivity contribution < 1.29 is 4.79 Å². The Bertz CT molecular complexity index is 448. The SMILES string of the molecule is CCN(CC)Cc1ccccc1NC(=O)CCC(C)(C)N. The van der Waals surface area contributed by atoms with Crippen LogP contribution < -0.4 is 11.1 Å². The van der Waals surface area contributed by atoms with Crippen LogP contribution in [0.5, 0.6) is 0 Å². The number of carbonyl (C=O) groups is 1. The van der Waals surface area contributed by atoms with Crippen LogP contribution >= 0.6 is 0 Å². The van der Waals surface area contributed by atoms with Crippen LogP contribution in [0, 0.1) is 0 Å². The molecule has 0 aromatic heterocycles. The molecule has 1 aromatic rings. The van der Waals surface area contributed by atoms with E-state index in [9.17, 15) is 4.79 Å². The molecule has 1 aromatic carbocycles. The van der Waals surface area contributed by atoms with E-state index in [0.29, 0.717) is 12.8 Å². The number of nitrogens with one attached hydrogen (secondary N) is 1. The zero-order chi connectivity index (χ0) is 15.9. The molecule has 0 aliphatic rings. The average Bonchev–Trinajstić information content (AvgIpc) is 2.43. The number of nitrogens with two attached hydrogens (primary N) is 1. The summed E-state index contributed by atoms with van der Waals surface area (Å²) in [6, 6.07) is 8.00. The van der Waals surface area contributed by atoms with Crippen LogP contribution in [0.15, 0.2) is 24.3 Å². The van der Waals surface area contributed by atoms with Crippen LogP contribution in [0.4, 0.5) is 5.69 Å². The fraction of sp³-hybridized carbons (Fsp3) is 0.588. The molecule has 1 amide bonds. The second-order valence-corrected chi connectivity index (χ2v) is 6.16. The summed E-state index contributed by atoms with van der Waals surface area (Å²) in [4.78, 5) is 14.4. The van der Waals surface area contributed by atoms with Gasteiger partial charge in [-0.05, 0) is 45.0 Å². The predicted octanol–water partition coefficient (Wildman–Crippen LogP) is 2.98. The largest absolute Gasteiger partial charge is 0.326 e. The monoisotopic (exact) mass is 291 g/mol. The van der Waals surface area contributed by atoms with Crippen molar-refractivity contribution in [1.82, 2.24) is 4.90 Å². The molecule has 0 spiro atoms. The fourth-order valence-electron chi connectivity index (χ4n) is 2.12. The van der Waals surface area contributed by atoms with Crippen molar-refractivity contribution in [2.75, 3.05) is 18.4 Å². The molecule has 0 unspecified atom stereocenters. The molecule has 4 nitrogen and oxygen atoms in total. The molecule has 0 saturated heterocycles. The van der Waals surface area contributed by atoms with E-state index in [-0.39, 0.29) is 11.4 Å². The number of para-hydroxylation sites is 1. The first-order valence-electron chi connectivity index (χ1n) is 7.74. The number of carbonyl (C=O) groups excluding carboxylic acids is 1. The van der Waals surface area contributed by atoms with Crippen molar-refractivity contribution in [3.8, 4) is 0 Å². The Morgan fingerprint density at radius 3 is 2.43 bits per heavy atom. The third-order valence-electron chi connectivity index (χ3n) is 3.58. The highest BCUT2D eigenvalue weighted by Gasteiger charge is 2.14. The molecule has 0 bridgehead atoms. The number of hydrogen-bond donors (Lipinski definition) is 2. The Morgan fingerprint density at radius 2 is 1.86 bits per heavy atom. The molecule has 21 heavy (non-hydrogen) atoms. The van der Waals surface area contributed by atoms with Gasteiger partial charge in [-0.2, -0.15) is 0 Å². The van der Waals surface area contributed by atoms with Gasteiger partial charge in [0.25, 0.3) is 0 Å². The van der Waals surface area contributed by atoms with Gasteiger partial charge in [-0.1, -0.05) is 32.0 Å². The van der Waals surface area contributed by atoms with Gasteiger partial charge in [0.1, 0.15) is 0 Å². The normalized spacial score (nSPS) is 11.7. The Kier molecular flexibility index (Phi) is 6.85. The van der Waals surface area contributed by atoms with Gasteiger partial charge in [0, 0.05) is 24.2 Å². The molecule has 118 valence electrons. The molecule has 3 N–H and O–H groups in total. The maximum Gasteiger partial charge on any atom is 0.224 e. The quantitative estimate of drug-likeness (QED) is 0.774. The van der Waals surface area contributed by atoms with Crippen LogP contribution in [-0.4, -0.2) is 29.4 Å². The van der Waals surface area contributed by atoms with Crippen LogP contribution in [0.1, 0.15) is 46.1 Å². The minimum atomic E-state index is -0.307. The molecule has 0 heterocycles. The van der Waals surface area contributed by atoms with E-state index in [1.807, 2.05) is 32.0 Å². The lowest BCUT2D eigenvalue weighted by Crippen LogP contribution is -2.33. The van der Waals surface area contributed by atoms with E-state index in [4.69, 9.17) is 5.73 Å². The number of rotatable bonds is 8. The zero-order valence-electron chi connectivity index (χ0n) is 13.8. The standard InChI is InChI=1S/C17H29N3O/c1-5-20(6-2)13-14-9-7-8-10-15(14)19-16(21)11-12-17(3,4)18/h7-10H,5-6,11-13,18H2,1-4H3,(H,19,21). The van der Waals surface area contributed by atoms with Gasteiger partial charge < -0.3 is 11.1 Å². The molecular formula is C17H29N3O. The Balaban J connectivity index is 2.68. The van der Waals surface area contributed by atoms with Crippen LogP contribution in [0.3, 0.4) is 0 Å². The zero-order valence-corrected chi connectivity index (χ0v) is 13.8. The minimum Gasteiger partial charge on any atom is -0.326 e. The first kappa shape index (κ1) is 17.7. The highest BCUT2D eigenvalue weighted by molar-refractivity contribution is 5.91. The average molecular weight is 291 g/mol. The van der Waals surface area contributed by atoms with Crippen LogP contribution in [0.25, 0.3) is 0 Å². The van der Waals surface area contributed by atoms with Crippen molar-refractivity contribution in [1.29, 1.82) is 0 Å². The van der Waals surface area contributed by atoms with Crippen LogP contribution in [0.2, 0.25) is 0 Å². The van der Waals surface area contributed by atoms with E-state index < -0.39 is 0 Å². The number of benzene rings is 1. The summed E-state index contributed by atoms with van der Waals surface area (Å²) in [5.41, 5.74) is 7.68. The molecule has 0 fully saturated rings. The van der Waals surface area contributed by atoms with Gasteiger partial charge in [-0.15, -0.1) is 0 Å². The van der Waals surface area contributed by atoms with Crippen molar-refractivity contribution in [3.63, 3.8) is 0 Å². The minimum absolute atomic E-state index is 0.0283. The molecule has 1 rings (SSSR count). The predicted molar refractivity (Wildman–Crippen MR) is 89.2 cm³/mol. The lowest BCUT2D eigenvalue weighted by molar-refractivity contribution is -0.116. The maximum absolute atomic E-state index is 12.1. The van der Waals surface area contributed by atoms with Crippen LogP contribution in [-0.2, 0) is 11.3 Å². The van der Waals surface area contributed by atoms with Crippen molar-refractivity contribution >= 4 is 11.6 Å². The van der Waals surface area contributed by atoms with Gasteiger partial charge in [0.15, 0.2) is 0 Å². The molecule has 0 aliphatic heterocycles. The first-order valence-corrected chi connectivity index (χ1v) is 7.74. The van der Waals surface area contributed by atoms with Gasteiger partial charge in [0.2, 0.25) is 5.91 Å². The lowest BCUT2D eigenvalue weighted by Gasteiger charge is -2.21. The van der Waals surface area contributed by atoms with E-state index in [1.165, 1.54) is 0 Å². The number of anilines is 1. The second-order valence-electron chi connectivity index (χ2n) is 6.16. The third-order valence-corrected chi connectivity index (χ3v) is 3.58. The molecule has 0 saturated carbocycles. The number of hydrogen-bond acceptors (Lipinski definition) is 3. The topological polar surface area (TPSA) is 58.4 Å². The number of amides is 1. The molecule has 0 radical (unpaired) electrons. The summed E-state index contributed by atoms with van der Waals surface area (Å²) in [7, 11) is 0. The summed E-state index contributed by atoms with van der Waals surface area (Å²) in [6.07, 6.45) is 1.13. The van der Waals surface area contributed by atoms with Gasteiger partial charge in [0.05, 0.1) is 0 Å². The molecular weight excluding hydrogens is 262 g/mol. The second kappa shape index (κ2) is 8.15. The van der Waals surface area contributed by atoms with Crippen molar-refractivity contribution in [2.24, 2.45) is 5.73 Å². The van der Waals surface area contributed by atoms with E-state index in [0.717, 1.165) is 30.9 Å². The molecule has 0 atom stereocenters. The van der Waals surface area contributed by atoms with Gasteiger partial charge in [-0.3, -0.25) is 9.69 Å². The fourth-order valence-corrected chi connectivity index (χ4v) is 2.12. The van der Waals surface area contributed by atoms with Crippen molar-refractivity contribution in [3.05, 3.63) is 29.8 Å². The Hall–Kier alpha value is -1.39. The molecule has 4 heteroatoms. The summed E-state index contributed by atoms with van der Waals surface area (Å²) in [5.74, 6) is 0.0283. The summed E-state index contributed by atoms with van der Waals surface area (Å²) in [5, 5.41) is 3.02. The number of nitrogens with zero attached hydrogens (tertiary/aromatic N) is 1. The van der Waals surface area contributed by atoms with Crippen molar-refractivity contribution in [2.45, 2.75) is 52.6 Å².